The van der Waals surface area contributed by atoms with Crippen LogP contribution in [0.3, 0.4) is 0 Å². The van der Waals surface area contributed by atoms with Crippen LogP contribution in [0.25, 0.3) is 0 Å². The Morgan fingerprint density at radius 2 is 2.56 bits per heavy atom. The molecule has 0 spiro atoms. The number of aromatic nitrogens is 2. The molecule has 1 aromatic rings. The largest absolute Gasteiger partial charge is 0.352 e. The molecule has 0 aromatic carbocycles. The van der Waals surface area contributed by atoms with Gasteiger partial charge in [-0.2, -0.15) is 5.10 Å². The van der Waals surface area contributed by atoms with Gasteiger partial charge in [-0.15, -0.1) is 0 Å². The number of hydrogen-bond donors (Lipinski definition) is 3. The summed E-state index contributed by atoms with van der Waals surface area (Å²) in [5.41, 5.74) is 1.01. The standard InChI is InChI=1S/C11H18N4O/c16-11(4-9-2-1-3-12-5-9)13-6-10-7-14-15-8-10/h7-9,12H,1-6H2,(H,13,16)(H,14,15). The average molecular weight is 222 g/mol. The Kier molecular flexibility index (Phi) is 3.93. The predicted octanol–water partition coefficient (Wildman–Crippen LogP) is 0.416. The molecule has 1 atom stereocenters. The summed E-state index contributed by atoms with van der Waals surface area (Å²) >= 11 is 0. The minimum atomic E-state index is 0.134. The molecule has 1 aliphatic heterocycles. The molecule has 0 saturated carbocycles. The number of aromatic amines is 1. The molecule has 0 aliphatic carbocycles. The van der Waals surface area contributed by atoms with Crippen molar-refractivity contribution in [1.82, 2.24) is 20.8 Å². The lowest BCUT2D eigenvalue weighted by Gasteiger charge is -2.21. The van der Waals surface area contributed by atoms with E-state index in [0.29, 0.717) is 18.9 Å². The highest BCUT2D eigenvalue weighted by atomic mass is 16.1. The summed E-state index contributed by atoms with van der Waals surface area (Å²) in [5, 5.41) is 12.8. The number of carbonyl (C=O) groups is 1. The van der Waals surface area contributed by atoms with Gasteiger partial charge in [0.2, 0.25) is 5.91 Å². The molecule has 2 heterocycles. The van der Waals surface area contributed by atoms with Crippen LogP contribution < -0.4 is 10.6 Å². The zero-order chi connectivity index (χ0) is 11.2. The zero-order valence-corrected chi connectivity index (χ0v) is 9.33. The highest BCUT2D eigenvalue weighted by molar-refractivity contribution is 5.76. The number of amides is 1. The Labute approximate surface area is 95.0 Å². The van der Waals surface area contributed by atoms with Crippen molar-refractivity contribution in [3.05, 3.63) is 18.0 Å². The maximum absolute atomic E-state index is 11.6. The van der Waals surface area contributed by atoms with Crippen LogP contribution in [0.15, 0.2) is 12.4 Å². The minimum absolute atomic E-state index is 0.134. The van der Waals surface area contributed by atoms with E-state index >= 15 is 0 Å². The molecule has 0 radical (unpaired) electrons. The van der Waals surface area contributed by atoms with Crippen LogP contribution in [-0.2, 0) is 11.3 Å². The molecule has 88 valence electrons. The molecular weight excluding hydrogens is 204 g/mol. The number of hydrogen-bond acceptors (Lipinski definition) is 3. The van der Waals surface area contributed by atoms with E-state index in [0.717, 1.165) is 25.1 Å². The quantitative estimate of drug-likeness (QED) is 0.691. The van der Waals surface area contributed by atoms with Crippen LogP contribution in [0.2, 0.25) is 0 Å². The zero-order valence-electron chi connectivity index (χ0n) is 9.33. The van der Waals surface area contributed by atoms with Gasteiger partial charge in [0.1, 0.15) is 0 Å². The van der Waals surface area contributed by atoms with Gasteiger partial charge < -0.3 is 10.6 Å². The first-order valence-corrected chi connectivity index (χ1v) is 5.79. The van der Waals surface area contributed by atoms with E-state index in [1.165, 1.54) is 6.42 Å². The van der Waals surface area contributed by atoms with Crippen LogP contribution in [-0.4, -0.2) is 29.2 Å². The van der Waals surface area contributed by atoms with Crippen LogP contribution in [0, 0.1) is 5.92 Å². The number of piperidine rings is 1. The van der Waals surface area contributed by atoms with Crippen LogP contribution in [0.1, 0.15) is 24.8 Å². The van der Waals surface area contributed by atoms with Crippen molar-refractivity contribution in [3.8, 4) is 0 Å². The van der Waals surface area contributed by atoms with E-state index in [4.69, 9.17) is 0 Å². The Balaban J connectivity index is 1.67. The summed E-state index contributed by atoms with van der Waals surface area (Å²) in [7, 11) is 0. The summed E-state index contributed by atoms with van der Waals surface area (Å²) in [6.45, 7) is 2.63. The summed E-state index contributed by atoms with van der Waals surface area (Å²) in [5.74, 6) is 0.632. The normalized spacial score (nSPS) is 20.6. The minimum Gasteiger partial charge on any atom is -0.352 e. The molecule has 3 N–H and O–H groups in total. The fourth-order valence-electron chi connectivity index (χ4n) is 2.01. The predicted molar refractivity (Wildman–Crippen MR) is 60.6 cm³/mol. The Bertz CT molecular complexity index is 317. The molecule has 16 heavy (non-hydrogen) atoms. The van der Waals surface area contributed by atoms with Gasteiger partial charge in [-0.05, 0) is 31.8 Å². The van der Waals surface area contributed by atoms with Crippen LogP contribution >= 0.6 is 0 Å². The third-order valence-corrected chi connectivity index (χ3v) is 2.92. The van der Waals surface area contributed by atoms with Gasteiger partial charge in [0.15, 0.2) is 0 Å². The summed E-state index contributed by atoms with van der Waals surface area (Å²) in [6, 6.07) is 0. The number of H-pyrrole nitrogens is 1. The second kappa shape index (κ2) is 5.65. The van der Waals surface area contributed by atoms with Crippen molar-refractivity contribution >= 4 is 5.91 Å². The van der Waals surface area contributed by atoms with E-state index < -0.39 is 0 Å². The Hall–Kier alpha value is -1.36. The van der Waals surface area contributed by atoms with Gasteiger partial charge in [0, 0.05) is 24.7 Å². The number of rotatable bonds is 4. The topological polar surface area (TPSA) is 69.8 Å². The van der Waals surface area contributed by atoms with Gasteiger partial charge in [0.25, 0.3) is 0 Å². The van der Waals surface area contributed by atoms with Crippen molar-refractivity contribution in [2.75, 3.05) is 13.1 Å². The molecule has 1 aliphatic rings. The van der Waals surface area contributed by atoms with Gasteiger partial charge in [-0.1, -0.05) is 0 Å². The SMILES string of the molecule is O=C(CC1CCCNC1)NCc1cn[nH]c1. The Morgan fingerprint density at radius 3 is 3.25 bits per heavy atom. The molecule has 1 aromatic heterocycles. The fraction of sp³-hybridized carbons (Fsp3) is 0.636. The fourth-order valence-corrected chi connectivity index (χ4v) is 2.01. The van der Waals surface area contributed by atoms with Gasteiger partial charge in [-0.25, -0.2) is 0 Å². The van der Waals surface area contributed by atoms with E-state index in [9.17, 15) is 4.79 Å². The second-order valence-corrected chi connectivity index (χ2v) is 4.30. The third kappa shape index (κ3) is 3.34. The van der Waals surface area contributed by atoms with Crippen LogP contribution in [0.5, 0.6) is 0 Å². The van der Waals surface area contributed by atoms with Gasteiger partial charge >= 0.3 is 0 Å². The first-order valence-electron chi connectivity index (χ1n) is 5.79. The maximum Gasteiger partial charge on any atom is 0.220 e. The summed E-state index contributed by atoms with van der Waals surface area (Å²) in [4.78, 5) is 11.6. The summed E-state index contributed by atoms with van der Waals surface area (Å²) in [6.07, 6.45) is 6.49. The van der Waals surface area contributed by atoms with Crippen molar-refractivity contribution in [3.63, 3.8) is 0 Å². The summed E-state index contributed by atoms with van der Waals surface area (Å²) < 4.78 is 0. The lowest BCUT2D eigenvalue weighted by Crippen LogP contribution is -2.34. The molecule has 1 saturated heterocycles. The lowest BCUT2D eigenvalue weighted by atomic mass is 9.96. The van der Waals surface area contributed by atoms with Gasteiger partial charge in [0.05, 0.1) is 6.20 Å². The van der Waals surface area contributed by atoms with Crippen molar-refractivity contribution in [2.45, 2.75) is 25.8 Å². The van der Waals surface area contributed by atoms with Crippen LogP contribution in [0.4, 0.5) is 0 Å². The molecule has 1 fully saturated rings. The number of nitrogens with zero attached hydrogens (tertiary/aromatic N) is 1. The first kappa shape index (κ1) is 11.1. The lowest BCUT2D eigenvalue weighted by molar-refractivity contribution is -0.122. The molecular formula is C11H18N4O. The smallest absolute Gasteiger partial charge is 0.220 e. The van der Waals surface area contributed by atoms with Crippen molar-refractivity contribution in [1.29, 1.82) is 0 Å². The van der Waals surface area contributed by atoms with Crippen molar-refractivity contribution < 1.29 is 4.79 Å². The number of carbonyl (C=O) groups excluding carboxylic acids is 1. The second-order valence-electron chi connectivity index (χ2n) is 4.30. The Morgan fingerprint density at radius 1 is 1.62 bits per heavy atom. The number of nitrogens with one attached hydrogen (secondary N) is 3. The first-order chi connectivity index (χ1) is 7.84. The highest BCUT2D eigenvalue weighted by Gasteiger charge is 2.16. The molecule has 5 nitrogen and oxygen atoms in total. The molecule has 5 heteroatoms. The van der Waals surface area contributed by atoms with E-state index in [-0.39, 0.29) is 5.91 Å². The molecule has 2 rings (SSSR count). The maximum atomic E-state index is 11.6. The van der Waals surface area contributed by atoms with E-state index in [1.54, 1.807) is 12.4 Å². The highest BCUT2D eigenvalue weighted by Crippen LogP contribution is 2.13. The molecule has 1 unspecified atom stereocenters. The average Bonchev–Trinajstić information content (AvgIpc) is 2.81. The van der Waals surface area contributed by atoms with Crippen molar-refractivity contribution in [2.24, 2.45) is 5.92 Å². The molecule has 0 bridgehead atoms. The third-order valence-electron chi connectivity index (χ3n) is 2.92. The monoisotopic (exact) mass is 222 g/mol. The van der Waals surface area contributed by atoms with E-state index in [2.05, 4.69) is 20.8 Å². The molecule has 1 amide bonds. The van der Waals surface area contributed by atoms with Gasteiger partial charge in [-0.3, -0.25) is 9.89 Å². The van der Waals surface area contributed by atoms with E-state index in [1.807, 2.05) is 0 Å².